The maximum atomic E-state index is 9.94. The molecule has 5 rings (SSSR count). The molecule has 1 spiro atoms. The van der Waals surface area contributed by atoms with E-state index < -0.39 is 11.6 Å². The van der Waals surface area contributed by atoms with E-state index in [9.17, 15) is 5.11 Å². The van der Waals surface area contributed by atoms with Crippen LogP contribution in [0.5, 0.6) is 11.5 Å². The van der Waals surface area contributed by atoms with Gasteiger partial charge in [0.2, 0.25) is 0 Å². The van der Waals surface area contributed by atoms with Gasteiger partial charge in [-0.2, -0.15) is 18.1 Å². The summed E-state index contributed by atoms with van der Waals surface area (Å²) >= 11 is 0. The molecule has 3 aromatic rings. The first-order valence-electron chi connectivity index (χ1n) is 13.7. The van der Waals surface area contributed by atoms with E-state index in [0.717, 1.165) is 18.4 Å². The first-order chi connectivity index (χ1) is 18.4. The van der Waals surface area contributed by atoms with E-state index in [2.05, 4.69) is 75.7 Å². The molecule has 1 saturated carbocycles. The Labute approximate surface area is 261 Å². The van der Waals surface area contributed by atoms with Crippen LogP contribution in [-0.2, 0) is 17.8 Å². The van der Waals surface area contributed by atoms with Gasteiger partial charge in [-0.1, -0.05) is 55.0 Å². The molecule has 0 amide bonds. The molecule has 40 heavy (non-hydrogen) atoms. The standard InChI is InChI=1S/C32H37O3.C2H4O2.Na/c1-21-15-28(34-14-13-31(4,5)33)16-22(2)30(21)29-8-6-7-25(23(29)3)20-35-27-10-9-24-18-32(11-12-32)19-26(24)17-27;1-2(3)4;/h6-10,15-18,33H,11-14,19-20H2,1-5H3;1H3,(H,3,4);/q-1;;+1. The molecule has 0 aromatic heterocycles. The number of carbonyl (C=O) groups is 1. The molecule has 6 heteroatoms. The van der Waals surface area contributed by atoms with Gasteiger partial charge in [0.25, 0.3) is 5.97 Å². The predicted molar refractivity (Wildman–Crippen MR) is 155 cm³/mol. The molecule has 0 atom stereocenters. The zero-order valence-corrected chi connectivity index (χ0v) is 27.1. The molecule has 0 saturated heterocycles. The largest absolute Gasteiger partial charge is 1.00 e. The minimum absolute atomic E-state index is 0. The van der Waals surface area contributed by atoms with E-state index in [1.54, 1.807) is 0 Å². The van der Waals surface area contributed by atoms with E-state index in [-0.39, 0.29) is 29.6 Å². The van der Waals surface area contributed by atoms with Crippen LogP contribution in [0, 0.1) is 32.6 Å². The summed E-state index contributed by atoms with van der Waals surface area (Å²) in [6.45, 7) is 12.2. The summed E-state index contributed by atoms with van der Waals surface area (Å²) in [6, 6.07) is 17.3. The Bertz CT molecular complexity index is 1320. The van der Waals surface area contributed by atoms with E-state index in [1.807, 2.05) is 13.8 Å². The van der Waals surface area contributed by atoms with Gasteiger partial charge < -0.3 is 19.7 Å². The maximum absolute atomic E-state index is 9.94. The second-order valence-corrected chi connectivity index (χ2v) is 11.8. The smallest absolute Gasteiger partial charge is 0.493 e. The van der Waals surface area contributed by atoms with Crippen molar-refractivity contribution in [3.05, 3.63) is 88.3 Å². The molecule has 0 bridgehead atoms. The third-order valence-corrected chi connectivity index (χ3v) is 7.61. The molecule has 0 heterocycles. The van der Waals surface area contributed by atoms with Crippen LogP contribution in [0.25, 0.3) is 11.1 Å². The number of hydrogen-bond donors (Lipinski definition) is 2. The Morgan fingerprint density at radius 2 is 1.65 bits per heavy atom. The average Bonchev–Trinajstić information content (AvgIpc) is 3.47. The molecule has 2 aliphatic rings. The molecule has 208 valence electrons. The van der Waals surface area contributed by atoms with Gasteiger partial charge in [0, 0.05) is 13.3 Å². The first kappa shape index (κ1) is 32.1. The van der Waals surface area contributed by atoms with Crippen molar-refractivity contribution in [1.82, 2.24) is 0 Å². The number of carboxylic acids is 1. The second kappa shape index (κ2) is 13.0. The molecule has 0 unspecified atom stereocenters. The van der Waals surface area contributed by atoms with E-state index >= 15 is 0 Å². The second-order valence-electron chi connectivity index (χ2n) is 11.8. The van der Waals surface area contributed by atoms with Crippen LogP contribution in [0.15, 0.2) is 48.5 Å². The van der Waals surface area contributed by atoms with Crippen LogP contribution < -0.4 is 39.0 Å². The monoisotopic (exact) mass is 552 g/mol. The van der Waals surface area contributed by atoms with Crippen molar-refractivity contribution in [1.29, 1.82) is 0 Å². The average molecular weight is 553 g/mol. The van der Waals surface area contributed by atoms with E-state index in [1.165, 1.54) is 63.8 Å². The van der Waals surface area contributed by atoms with Crippen LogP contribution in [0.1, 0.15) is 73.4 Å². The first-order valence-corrected chi connectivity index (χ1v) is 13.7. The fraction of sp³-hybridized carbons (Fsp3) is 0.412. The van der Waals surface area contributed by atoms with Crippen molar-refractivity contribution in [2.24, 2.45) is 5.41 Å². The summed E-state index contributed by atoms with van der Waals surface area (Å²) < 4.78 is 12.2. The third-order valence-electron chi connectivity index (χ3n) is 7.61. The molecular weight excluding hydrogens is 511 g/mol. The van der Waals surface area contributed by atoms with Crippen LogP contribution in [0.3, 0.4) is 0 Å². The number of benzene rings is 3. The van der Waals surface area contributed by atoms with Crippen LogP contribution in [-0.4, -0.2) is 28.4 Å². The molecule has 2 aliphatic carbocycles. The predicted octanol–water partition coefficient (Wildman–Crippen LogP) is 4.38. The Kier molecular flexibility index (Phi) is 10.5. The maximum Gasteiger partial charge on any atom is 1.00 e. The molecule has 1 fully saturated rings. The van der Waals surface area contributed by atoms with Crippen molar-refractivity contribution in [2.45, 2.75) is 79.4 Å². The van der Waals surface area contributed by atoms with Gasteiger partial charge in [-0.3, -0.25) is 4.79 Å². The summed E-state index contributed by atoms with van der Waals surface area (Å²) in [7, 11) is 0. The number of hydrogen-bond acceptors (Lipinski definition) is 4. The number of aliphatic carboxylic acids is 1. The van der Waals surface area contributed by atoms with Crippen molar-refractivity contribution in [3.8, 4) is 22.6 Å². The van der Waals surface area contributed by atoms with Crippen LogP contribution in [0.2, 0.25) is 0 Å². The Morgan fingerprint density at radius 3 is 2.25 bits per heavy atom. The quantitative estimate of drug-likeness (QED) is 0.321. The summed E-state index contributed by atoms with van der Waals surface area (Å²) in [4.78, 5) is 9.00. The molecule has 2 N–H and O–H groups in total. The Balaban J connectivity index is 0.000000828. The number of fused-ring (bicyclic) bond motifs is 1. The summed E-state index contributed by atoms with van der Waals surface area (Å²) in [5.74, 6) is 0.978. The van der Waals surface area contributed by atoms with Crippen molar-refractivity contribution in [2.75, 3.05) is 6.61 Å². The van der Waals surface area contributed by atoms with Crippen molar-refractivity contribution < 1.29 is 54.0 Å². The Morgan fingerprint density at radius 1 is 1.00 bits per heavy atom. The zero-order valence-electron chi connectivity index (χ0n) is 25.1. The molecular formula is C34H41NaO5. The minimum atomic E-state index is -0.833. The van der Waals surface area contributed by atoms with Gasteiger partial charge in [0.1, 0.15) is 12.4 Å². The number of ether oxygens (including phenoxy) is 2. The van der Waals surface area contributed by atoms with Crippen LogP contribution in [0.4, 0.5) is 0 Å². The fourth-order valence-corrected chi connectivity index (χ4v) is 5.33. The zero-order chi connectivity index (χ0) is 28.4. The van der Waals surface area contributed by atoms with Gasteiger partial charge in [0.05, 0.1) is 18.0 Å². The van der Waals surface area contributed by atoms with E-state index in [4.69, 9.17) is 19.4 Å². The fourth-order valence-electron chi connectivity index (χ4n) is 5.33. The van der Waals surface area contributed by atoms with Crippen molar-refractivity contribution >= 4 is 5.97 Å². The minimum Gasteiger partial charge on any atom is -0.493 e. The third kappa shape index (κ3) is 8.29. The van der Waals surface area contributed by atoms with Crippen molar-refractivity contribution in [3.63, 3.8) is 0 Å². The normalized spacial score (nSPS) is 14.3. The number of rotatable bonds is 8. The van der Waals surface area contributed by atoms with Crippen LogP contribution >= 0.6 is 0 Å². The summed E-state index contributed by atoms with van der Waals surface area (Å²) in [5.41, 5.74) is 9.90. The SMILES string of the molecule is CC(=O)O.Cc1cc(OCCC(C)(C)O)cc(C)c1-c1cccc(COc2ccc3c(c2)CC2([CH-]3)CC2)c1C.[Na+]. The summed E-state index contributed by atoms with van der Waals surface area (Å²) in [5, 5.41) is 17.4. The topological polar surface area (TPSA) is 76.0 Å². The number of aryl methyl sites for hydroxylation is 2. The van der Waals surface area contributed by atoms with Gasteiger partial charge in [-0.15, -0.1) is 5.56 Å². The van der Waals surface area contributed by atoms with Gasteiger partial charge in [-0.25, -0.2) is 0 Å². The van der Waals surface area contributed by atoms with Gasteiger partial charge >= 0.3 is 29.6 Å². The number of carboxylic acid groups (broad SMARTS) is 1. The molecule has 3 aromatic carbocycles. The van der Waals surface area contributed by atoms with Gasteiger partial charge in [-0.05, 0) is 80.1 Å². The molecule has 5 nitrogen and oxygen atoms in total. The number of aliphatic hydroxyl groups is 1. The molecule has 0 aliphatic heterocycles. The van der Waals surface area contributed by atoms with E-state index in [0.29, 0.717) is 25.0 Å². The molecule has 0 radical (unpaired) electrons. The van der Waals surface area contributed by atoms with Gasteiger partial charge in [0.15, 0.2) is 0 Å². The summed E-state index contributed by atoms with van der Waals surface area (Å²) in [6.07, 6.45) is 6.89. The Hall–Kier alpha value is -2.44.